The Balaban J connectivity index is 1.94. The average Bonchev–Trinajstić information content (AvgIpc) is 2.74. The van der Waals surface area contributed by atoms with E-state index in [9.17, 15) is 4.79 Å². The van der Waals surface area contributed by atoms with Crippen molar-refractivity contribution in [2.75, 3.05) is 6.61 Å². The number of aliphatic hydroxyl groups is 1. The number of amides is 1. The molecular weight excluding hydrogens is 242 g/mol. The fourth-order valence-corrected chi connectivity index (χ4v) is 2.06. The third-order valence-electron chi connectivity index (χ3n) is 3.20. The van der Waals surface area contributed by atoms with Crippen molar-refractivity contribution in [3.05, 3.63) is 35.6 Å². The molecule has 1 aromatic carbocycles. The van der Waals surface area contributed by atoms with Gasteiger partial charge < -0.3 is 14.8 Å². The van der Waals surface area contributed by atoms with E-state index in [1.54, 1.807) is 0 Å². The molecule has 102 valence electrons. The van der Waals surface area contributed by atoms with E-state index in [1.165, 1.54) is 0 Å². The average molecular weight is 261 g/mol. The molecule has 0 unspecified atom stereocenters. The molecule has 1 aromatic heterocycles. The molecule has 0 saturated heterocycles. The van der Waals surface area contributed by atoms with E-state index >= 15 is 0 Å². The lowest BCUT2D eigenvalue weighted by Crippen LogP contribution is -2.22. The molecule has 0 spiro atoms. The zero-order valence-electron chi connectivity index (χ0n) is 11.1. The standard InChI is InChI=1S/C15H19NO3/c1-11-12-6-2-3-7-13(12)19-14(11)10-16-15(18)8-4-5-9-17/h2-3,6-7,17H,4-5,8-10H2,1H3,(H,16,18). The van der Waals surface area contributed by atoms with Gasteiger partial charge in [0, 0.05) is 24.0 Å². The van der Waals surface area contributed by atoms with Gasteiger partial charge in [-0.1, -0.05) is 18.2 Å². The van der Waals surface area contributed by atoms with E-state index in [0.29, 0.717) is 25.8 Å². The van der Waals surface area contributed by atoms with E-state index in [2.05, 4.69) is 5.32 Å². The molecule has 1 amide bonds. The lowest BCUT2D eigenvalue weighted by molar-refractivity contribution is -0.121. The number of unbranched alkanes of at least 4 members (excludes halogenated alkanes) is 1. The van der Waals surface area contributed by atoms with Crippen molar-refractivity contribution < 1.29 is 14.3 Å². The molecule has 19 heavy (non-hydrogen) atoms. The molecule has 0 radical (unpaired) electrons. The quantitative estimate of drug-likeness (QED) is 0.785. The molecule has 0 atom stereocenters. The number of hydrogen-bond acceptors (Lipinski definition) is 3. The molecule has 2 N–H and O–H groups in total. The summed E-state index contributed by atoms with van der Waals surface area (Å²) in [6, 6.07) is 7.85. The van der Waals surface area contributed by atoms with Crippen molar-refractivity contribution in [2.45, 2.75) is 32.7 Å². The predicted octanol–water partition coefficient (Wildman–Crippen LogP) is 2.52. The van der Waals surface area contributed by atoms with Gasteiger partial charge in [-0.25, -0.2) is 0 Å². The number of aliphatic hydroxyl groups excluding tert-OH is 1. The number of carbonyl (C=O) groups is 1. The summed E-state index contributed by atoms with van der Waals surface area (Å²) in [5.74, 6) is 0.796. The number of hydrogen-bond donors (Lipinski definition) is 2. The van der Waals surface area contributed by atoms with Crippen molar-refractivity contribution >= 4 is 16.9 Å². The van der Waals surface area contributed by atoms with Crippen molar-refractivity contribution in [1.82, 2.24) is 5.32 Å². The van der Waals surface area contributed by atoms with Crippen LogP contribution in [0.5, 0.6) is 0 Å². The molecule has 0 bridgehead atoms. The Kier molecular flexibility index (Phi) is 4.58. The Bertz CT molecular complexity index is 560. The maximum absolute atomic E-state index is 11.6. The number of rotatable bonds is 6. The summed E-state index contributed by atoms with van der Waals surface area (Å²) < 4.78 is 5.72. The lowest BCUT2D eigenvalue weighted by Gasteiger charge is -2.03. The number of nitrogens with one attached hydrogen (secondary N) is 1. The molecule has 1 heterocycles. The summed E-state index contributed by atoms with van der Waals surface area (Å²) in [4.78, 5) is 11.6. The van der Waals surface area contributed by atoms with Gasteiger partial charge >= 0.3 is 0 Å². The largest absolute Gasteiger partial charge is 0.459 e. The van der Waals surface area contributed by atoms with Crippen LogP contribution in [0.4, 0.5) is 0 Å². The topological polar surface area (TPSA) is 62.5 Å². The number of para-hydroxylation sites is 1. The Morgan fingerprint density at radius 3 is 2.84 bits per heavy atom. The van der Waals surface area contributed by atoms with Crippen molar-refractivity contribution in [1.29, 1.82) is 0 Å². The van der Waals surface area contributed by atoms with Gasteiger partial charge in [0.1, 0.15) is 11.3 Å². The first kappa shape index (κ1) is 13.6. The molecule has 2 aromatic rings. The Hall–Kier alpha value is -1.81. The number of carbonyl (C=O) groups excluding carboxylic acids is 1. The SMILES string of the molecule is Cc1c(CNC(=O)CCCCO)oc2ccccc12. The Morgan fingerprint density at radius 1 is 1.32 bits per heavy atom. The van der Waals surface area contributed by atoms with Crippen LogP contribution in [0.3, 0.4) is 0 Å². The van der Waals surface area contributed by atoms with Crippen LogP contribution in [-0.4, -0.2) is 17.6 Å². The molecule has 0 aliphatic heterocycles. The second-order valence-corrected chi connectivity index (χ2v) is 4.60. The Labute approximate surface area is 112 Å². The van der Waals surface area contributed by atoms with Crippen molar-refractivity contribution in [3.8, 4) is 0 Å². The first-order valence-corrected chi connectivity index (χ1v) is 6.57. The minimum absolute atomic E-state index is 0.00620. The predicted molar refractivity (Wildman–Crippen MR) is 73.7 cm³/mol. The maximum atomic E-state index is 11.6. The van der Waals surface area contributed by atoms with Crippen LogP contribution in [0.2, 0.25) is 0 Å². The van der Waals surface area contributed by atoms with E-state index in [4.69, 9.17) is 9.52 Å². The summed E-state index contributed by atoms with van der Waals surface area (Å²) in [6.45, 7) is 2.55. The molecule has 2 rings (SSSR count). The third kappa shape index (κ3) is 3.35. The van der Waals surface area contributed by atoms with Gasteiger partial charge in [-0.2, -0.15) is 0 Å². The van der Waals surface area contributed by atoms with Crippen molar-refractivity contribution in [3.63, 3.8) is 0 Å². The van der Waals surface area contributed by atoms with Crippen LogP contribution in [0, 0.1) is 6.92 Å². The maximum Gasteiger partial charge on any atom is 0.220 e. The van der Waals surface area contributed by atoms with Gasteiger partial charge in [-0.05, 0) is 25.8 Å². The van der Waals surface area contributed by atoms with Gasteiger partial charge in [0.25, 0.3) is 0 Å². The highest BCUT2D eigenvalue weighted by atomic mass is 16.3. The van der Waals surface area contributed by atoms with E-state index in [-0.39, 0.29) is 12.5 Å². The van der Waals surface area contributed by atoms with Crippen LogP contribution in [0.25, 0.3) is 11.0 Å². The molecular formula is C15H19NO3. The third-order valence-corrected chi connectivity index (χ3v) is 3.20. The van der Waals surface area contributed by atoms with Gasteiger partial charge in [-0.3, -0.25) is 4.79 Å². The lowest BCUT2D eigenvalue weighted by atomic mass is 10.1. The smallest absolute Gasteiger partial charge is 0.220 e. The summed E-state index contributed by atoms with van der Waals surface area (Å²) in [7, 11) is 0. The molecule has 0 saturated carbocycles. The van der Waals surface area contributed by atoms with Crippen molar-refractivity contribution in [2.24, 2.45) is 0 Å². The second-order valence-electron chi connectivity index (χ2n) is 4.60. The van der Waals surface area contributed by atoms with E-state index < -0.39 is 0 Å². The van der Waals surface area contributed by atoms with Gasteiger partial charge in [0.05, 0.1) is 6.54 Å². The van der Waals surface area contributed by atoms with E-state index in [0.717, 1.165) is 22.3 Å². The zero-order valence-corrected chi connectivity index (χ0v) is 11.1. The summed E-state index contributed by atoms with van der Waals surface area (Å²) in [5.41, 5.74) is 1.93. The number of fused-ring (bicyclic) bond motifs is 1. The summed E-state index contributed by atoms with van der Waals surface area (Å²) in [5, 5.41) is 12.6. The first-order valence-electron chi connectivity index (χ1n) is 6.57. The monoisotopic (exact) mass is 261 g/mol. The molecule has 4 nitrogen and oxygen atoms in total. The Morgan fingerprint density at radius 2 is 2.11 bits per heavy atom. The number of aryl methyl sites for hydroxylation is 1. The van der Waals surface area contributed by atoms with Crippen LogP contribution in [-0.2, 0) is 11.3 Å². The fraction of sp³-hybridized carbons (Fsp3) is 0.400. The van der Waals surface area contributed by atoms with E-state index in [1.807, 2.05) is 31.2 Å². The van der Waals surface area contributed by atoms with Crippen LogP contribution in [0.15, 0.2) is 28.7 Å². The fourth-order valence-electron chi connectivity index (χ4n) is 2.06. The highest BCUT2D eigenvalue weighted by molar-refractivity contribution is 5.82. The van der Waals surface area contributed by atoms with Crippen LogP contribution in [0.1, 0.15) is 30.6 Å². The molecule has 4 heteroatoms. The second kappa shape index (κ2) is 6.38. The summed E-state index contributed by atoms with van der Waals surface area (Å²) in [6.07, 6.45) is 1.82. The molecule has 0 aliphatic carbocycles. The van der Waals surface area contributed by atoms with Crippen LogP contribution < -0.4 is 5.32 Å². The highest BCUT2D eigenvalue weighted by Crippen LogP contribution is 2.24. The highest BCUT2D eigenvalue weighted by Gasteiger charge is 2.10. The minimum Gasteiger partial charge on any atom is -0.459 e. The normalized spacial score (nSPS) is 10.8. The van der Waals surface area contributed by atoms with Gasteiger partial charge in [0.2, 0.25) is 5.91 Å². The first-order chi connectivity index (χ1) is 9.22. The molecule has 0 aliphatic rings. The number of furan rings is 1. The number of benzene rings is 1. The minimum atomic E-state index is -0.00620. The summed E-state index contributed by atoms with van der Waals surface area (Å²) >= 11 is 0. The van der Waals surface area contributed by atoms with Crippen LogP contribution >= 0.6 is 0 Å². The molecule has 0 fully saturated rings. The van der Waals surface area contributed by atoms with Gasteiger partial charge in [0.15, 0.2) is 0 Å². The zero-order chi connectivity index (χ0) is 13.7. The van der Waals surface area contributed by atoms with Gasteiger partial charge in [-0.15, -0.1) is 0 Å².